The maximum absolute atomic E-state index is 13.7. The van der Waals surface area contributed by atoms with Crippen molar-refractivity contribution in [2.45, 2.75) is 52.3 Å². The summed E-state index contributed by atoms with van der Waals surface area (Å²) in [5, 5.41) is 6.07. The smallest absolute Gasteiger partial charge is 0.332 e. The van der Waals surface area contributed by atoms with Crippen molar-refractivity contribution in [3.8, 4) is 0 Å². The fourth-order valence-corrected chi connectivity index (χ4v) is 5.27. The van der Waals surface area contributed by atoms with Crippen LogP contribution >= 0.6 is 0 Å². The van der Waals surface area contributed by atoms with Crippen LogP contribution in [0, 0.1) is 13.8 Å². The first-order valence-corrected chi connectivity index (χ1v) is 13.9. The summed E-state index contributed by atoms with van der Waals surface area (Å²) in [7, 11) is 0. The van der Waals surface area contributed by atoms with Gasteiger partial charge >= 0.3 is 5.69 Å². The molecule has 0 aliphatic carbocycles. The highest BCUT2D eigenvalue weighted by atomic mass is 16.5. The third kappa shape index (κ3) is 6.30. The summed E-state index contributed by atoms with van der Waals surface area (Å²) in [4.78, 5) is 53.4. The molecule has 4 aromatic rings. The number of benzene rings is 3. The van der Waals surface area contributed by atoms with Gasteiger partial charge in [0.15, 0.2) is 0 Å². The second-order valence-electron chi connectivity index (χ2n) is 10.5. The minimum absolute atomic E-state index is 0.105. The van der Waals surface area contributed by atoms with Crippen molar-refractivity contribution in [1.82, 2.24) is 14.5 Å². The number of nitrogens with zero attached hydrogens (tertiary/aromatic N) is 2. The molecule has 0 radical (unpaired) electrons. The zero-order chi connectivity index (χ0) is 28.9. The number of rotatable bonds is 9. The molecular formula is C32H34N4O5. The Labute approximate surface area is 237 Å². The second kappa shape index (κ2) is 12.3. The Morgan fingerprint density at radius 2 is 1.71 bits per heavy atom. The summed E-state index contributed by atoms with van der Waals surface area (Å²) < 4.78 is 8.10. The molecule has 2 N–H and O–H groups in total. The predicted molar refractivity (Wildman–Crippen MR) is 158 cm³/mol. The van der Waals surface area contributed by atoms with Crippen molar-refractivity contribution >= 4 is 28.4 Å². The molecule has 3 aromatic carbocycles. The van der Waals surface area contributed by atoms with E-state index in [4.69, 9.17) is 4.74 Å². The van der Waals surface area contributed by atoms with Gasteiger partial charge in [-0.15, -0.1) is 0 Å². The highest BCUT2D eigenvalue weighted by molar-refractivity contribution is 5.98. The van der Waals surface area contributed by atoms with E-state index in [1.54, 1.807) is 12.1 Å². The van der Waals surface area contributed by atoms with Crippen molar-refractivity contribution in [2.75, 3.05) is 18.5 Å². The number of carbonyl (C=O) groups is 2. The van der Waals surface area contributed by atoms with Crippen LogP contribution in [-0.4, -0.2) is 40.2 Å². The quantitative estimate of drug-likeness (QED) is 0.329. The summed E-state index contributed by atoms with van der Waals surface area (Å²) in [6.07, 6.45) is 2.03. The van der Waals surface area contributed by atoms with Gasteiger partial charge in [-0.05, 0) is 68.0 Å². The number of nitrogens with one attached hydrogen (secondary N) is 2. The van der Waals surface area contributed by atoms with Crippen molar-refractivity contribution in [3.63, 3.8) is 0 Å². The van der Waals surface area contributed by atoms with Gasteiger partial charge in [0.05, 0.1) is 23.6 Å². The van der Waals surface area contributed by atoms with Crippen LogP contribution in [0.5, 0.6) is 0 Å². The van der Waals surface area contributed by atoms with Gasteiger partial charge in [-0.1, -0.05) is 48.5 Å². The van der Waals surface area contributed by atoms with Crippen LogP contribution in [0.15, 0.2) is 76.3 Å². The van der Waals surface area contributed by atoms with Gasteiger partial charge in [0.25, 0.3) is 11.5 Å². The molecule has 0 bridgehead atoms. The third-order valence-corrected chi connectivity index (χ3v) is 7.49. The standard InChI is InChI=1S/C32H34N4O5/c1-21-8-6-9-22(2)29(21)34-28(37)20-35-27-18-24(30(38)33-16-15-23-10-4-3-5-11-23)13-14-26(27)31(39)36(32(35)40)19-25-12-7-17-41-25/h3-6,8-11,13-14,18,25H,7,12,15-17,19-20H2,1-2H3,(H,33,38)(H,34,37)/t25-/m0/s1. The molecule has 1 saturated heterocycles. The Kier molecular flexibility index (Phi) is 8.45. The summed E-state index contributed by atoms with van der Waals surface area (Å²) in [6, 6.07) is 20.2. The normalized spacial score (nSPS) is 14.7. The van der Waals surface area contributed by atoms with E-state index >= 15 is 0 Å². The second-order valence-corrected chi connectivity index (χ2v) is 10.5. The molecule has 2 amide bonds. The molecule has 1 aliphatic rings. The molecule has 41 heavy (non-hydrogen) atoms. The highest BCUT2D eigenvalue weighted by Crippen LogP contribution is 2.20. The number of ether oxygens (including phenoxy) is 1. The number of para-hydroxylation sites is 1. The molecule has 1 fully saturated rings. The van der Waals surface area contributed by atoms with Crippen molar-refractivity contribution < 1.29 is 14.3 Å². The van der Waals surface area contributed by atoms with Crippen LogP contribution in [0.3, 0.4) is 0 Å². The van der Waals surface area contributed by atoms with Gasteiger partial charge in [-0.3, -0.25) is 23.5 Å². The average molecular weight is 555 g/mol. The van der Waals surface area contributed by atoms with E-state index in [-0.39, 0.29) is 36.0 Å². The molecule has 212 valence electrons. The van der Waals surface area contributed by atoms with E-state index in [9.17, 15) is 19.2 Å². The molecule has 5 rings (SSSR count). The Morgan fingerprint density at radius 3 is 2.41 bits per heavy atom. The number of anilines is 1. The molecule has 0 unspecified atom stereocenters. The maximum Gasteiger partial charge on any atom is 0.332 e. The van der Waals surface area contributed by atoms with E-state index in [0.717, 1.165) is 34.1 Å². The summed E-state index contributed by atoms with van der Waals surface area (Å²) in [5.74, 6) is -0.740. The van der Waals surface area contributed by atoms with Gasteiger partial charge in [0.1, 0.15) is 6.54 Å². The van der Waals surface area contributed by atoms with Crippen LogP contribution in [0.1, 0.15) is 39.9 Å². The topological polar surface area (TPSA) is 111 Å². The largest absolute Gasteiger partial charge is 0.376 e. The SMILES string of the molecule is Cc1cccc(C)c1NC(=O)Cn1c(=O)n(C[C@@H]2CCCO2)c(=O)c2ccc(C(=O)NCCc3ccccc3)cc21. The maximum atomic E-state index is 13.7. The van der Waals surface area contributed by atoms with E-state index in [2.05, 4.69) is 10.6 Å². The van der Waals surface area contributed by atoms with E-state index in [1.165, 1.54) is 10.6 Å². The zero-order valence-electron chi connectivity index (χ0n) is 23.3. The number of amides is 2. The number of hydrogen-bond donors (Lipinski definition) is 2. The predicted octanol–water partition coefficient (Wildman–Crippen LogP) is 3.57. The van der Waals surface area contributed by atoms with E-state index < -0.39 is 17.2 Å². The lowest BCUT2D eigenvalue weighted by atomic mass is 10.1. The Bertz CT molecular complexity index is 1680. The van der Waals surface area contributed by atoms with Crippen LogP contribution in [0.4, 0.5) is 5.69 Å². The van der Waals surface area contributed by atoms with Crippen LogP contribution in [0.25, 0.3) is 10.9 Å². The summed E-state index contributed by atoms with van der Waals surface area (Å²) >= 11 is 0. The van der Waals surface area contributed by atoms with Crippen LogP contribution in [-0.2, 0) is 29.0 Å². The fourth-order valence-electron chi connectivity index (χ4n) is 5.27. The first-order valence-electron chi connectivity index (χ1n) is 13.9. The van der Waals surface area contributed by atoms with Crippen molar-refractivity contribution in [2.24, 2.45) is 0 Å². The lowest BCUT2D eigenvalue weighted by Crippen LogP contribution is -2.44. The van der Waals surface area contributed by atoms with E-state index in [0.29, 0.717) is 30.8 Å². The van der Waals surface area contributed by atoms with Crippen molar-refractivity contribution in [1.29, 1.82) is 0 Å². The highest BCUT2D eigenvalue weighted by Gasteiger charge is 2.22. The van der Waals surface area contributed by atoms with Crippen LogP contribution < -0.4 is 21.9 Å². The minimum atomic E-state index is -0.615. The lowest BCUT2D eigenvalue weighted by molar-refractivity contribution is -0.116. The van der Waals surface area contributed by atoms with Gasteiger partial charge < -0.3 is 15.4 Å². The molecule has 1 aliphatic heterocycles. The van der Waals surface area contributed by atoms with Gasteiger partial charge in [-0.2, -0.15) is 0 Å². The fraction of sp³-hybridized carbons (Fsp3) is 0.312. The zero-order valence-corrected chi connectivity index (χ0v) is 23.3. The summed E-state index contributed by atoms with van der Waals surface area (Å²) in [5.41, 5.74) is 3.02. The number of fused-ring (bicyclic) bond motifs is 1. The molecule has 1 atom stereocenters. The molecule has 0 spiro atoms. The molecule has 1 aromatic heterocycles. The average Bonchev–Trinajstić information content (AvgIpc) is 3.49. The number of hydrogen-bond acceptors (Lipinski definition) is 5. The minimum Gasteiger partial charge on any atom is -0.376 e. The number of aromatic nitrogens is 2. The van der Waals surface area contributed by atoms with Gasteiger partial charge in [0, 0.05) is 24.4 Å². The van der Waals surface area contributed by atoms with Crippen LogP contribution in [0.2, 0.25) is 0 Å². The number of aryl methyl sites for hydroxylation is 2. The Hall–Kier alpha value is -4.50. The Balaban J connectivity index is 1.48. The van der Waals surface area contributed by atoms with Gasteiger partial charge in [-0.25, -0.2) is 4.79 Å². The van der Waals surface area contributed by atoms with Gasteiger partial charge in [0.2, 0.25) is 5.91 Å². The first kappa shape index (κ1) is 28.0. The first-order chi connectivity index (χ1) is 19.8. The van der Waals surface area contributed by atoms with E-state index in [1.807, 2.05) is 62.4 Å². The summed E-state index contributed by atoms with van der Waals surface area (Å²) in [6.45, 7) is 4.59. The monoisotopic (exact) mass is 554 g/mol. The third-order valence-electron chi connectivity index (χ3n) is 7.49. The molecule has 9 nitrogen and oxygen atoms in total. The molecule has 0 saturated carbocycles. The Morgan fingerprint density at radius 1 is 0.951 bits per heavy atom. The molecule has 9 heteroatoms. The number of carbonyl (C=O) groups excluding carboxylic acids is 2. The van der Waals surface area contributed by atoms with Crippen molar-refractivity contribution in [3.05, 3.63) is 110 Å². The lowest BCUT2D eigenvalue weighted by Gasteiger charge is -2.17. The molecule has 2 heterocycles. The molecular weight excluding hydrogens is 520 g/mol.